The molecule has 2 saturated heterocycles. The maximum absolute atomic E-state index is 13.7. The summed E-state index contributed by atoms with van der Waals surface area (Å²) in [6, 6.07) is 1.38. The maximum Gasteiger partial charge on any atom is 0.490 e. The van der Waals surface area contributed by atoms with Gasteiger partial charge in [-0.1, -0.05) is 6.92 Å². The molecule has 0 aromatic carbocycles. The van der Waals surface area contributed by atoms with Gasteiger partial charge in [-0.05, 0) is 18.4 Å². The number of amides is 2. The Balaban J connectivity index is 0.000000345. The van der Waals surface area contributed by atoms with Gasteiger partial charge >= 0.3 is 12.1 Å². The summed E-state index contributed by atoms with van der Waals surface area (Å²) in [6.45, 7) is 3.57. The molecule has 1 aromatic heterocycles. The summed E-state index contributed by atoms with van der Waals surface area (Å²) >= 11 is 0. The van der Waals surface area contributed by atoms with Crippen molar-refractivity contribution in [1.82, 2.24) is 14.8 Å². The van der Waals surface area contributed by atoms with E-state index in [9.17, 15) is 27.2 Å². The number of hydrogen-bond acceptors (Lipinski definition) is 4. The largest absolute Gasteiger partial charge is 0.490 e. The Hall–Kier alpha value is -2.72. The highest BCUT2D eigenvalue weighted by atomic mass is 19.4. The smallest absolute Gasteiger partial charge is 0.475 e. The quantitative estimate of drug-likeness (QED) is 0.720. The van der Waals surface area contributed by atoms with E-state index in [-0.39, 0.29) is 23.3 Å². The second-order valence-corrected chi connectivity index (χ2v) is 6.88. The van der Waals surface area contributed by atoms with Crippen LogP contribution in [-0.4, -0.2) is 70.5 Å². The number of carbonyl (C=O) groups excluding carboxylic acids is 2. The lowest BCUT2D eigenvalue weighted by molar-refractivity contribution is -0.192. The average molecular weight is 405 g/mol. The van der Waals surface area contributed by atoms with Gasteiger partial charge in [0.1, 0.15) is 0 Å². The van der Waals surface area contributed by atoms with E-state index >= 15 is 0 Å². The minimum Gasteiger partial charge on any atom is -0.475 e. The van der Waals surface area contributed by atoms with E-state index in [1.807, 2.05) is 6.92 Å². The first kappa shape index (κ1) is 21.6. The van der Waals surface area contributed by atoms with Crippen molar-refractivity contribution < 1.29 is 37.1 Å². The van der Waals surface area contributed by atoms with Gasteiger partial charge in [0, 0.05) is 32.9 Å². The van der Waals surface area contributed by atoms with Gasteiger partial charge in [0.05, 0.1) is 17.2 Å². The van der Waals surface area contributed by atoms with Gasteiger partial charge in [-0.25, -0.2) is 9.18 Å². The minimum atomic E-state index is -5.08. The Morgan fingerprint density at radius 1 is 1.36 bits per heavy atom. The molecule has 2 aliphatic rings. The minimum absolute atomic E-state index is 0.0213. The number of alkyl halides is 3. The van der Waals surface area contributed by atoms with Gasteiger partial charge < -0.3 is 14.9 Å². The van der Waals surface area contributed by atoms with Crippen molar-refractivity contribution in [3.63, 3.8) is 0 Å². The molecule has 3 heterocycles. The van der Waals surface area contributed by atoms with Crippen molar-refractivity contribution in [3.8, 4) is 0 Å². The van der Waals surface area contributed by atoms with Gasteiger partial charge in [-0.15, -0.1) is 0 Å². The number of aromatic nitrogens is 1. The number of halogens is 4. The van der Waals surface area contributed by atoms with E-state index < -0.39 is 23.4 Å². The van der Waals surface area contributed by atoms with E-state index in [2.05, 4.69) is 4.98 Å². The standard InChI is InChI=1S/C15H18FN3O2.C2HF3O2/c1-10-8-19(9-15(10)4-6-18(2)14(15)21)13(20)11-3-5-17-7-12(11)16;3-2(4,5)1(6)7/h3,5,7,10H,4,6,8-9H2,1-2H3;(H,6,7)/t10-,15-;/m1./s1. The molecule has 1 spiro atoms. The molecule has 2 aliphatic heterocycles. The number of rotatable bonds is 1. The summed E-state index contributed by atoms with van der Waals surface area (Å²) in [5, 5.41) is 7.12. The fourth-order valence-electron chi connectivity index (χ4n) is 3.50. The Bertz CT molecular complexity index is 786. The van der Waals surface area contributed by atoms with Crippen molar-refractivity contribution in [2.75, 3.05) is 26.7 Å². The molecule has 0 radical (unpaired) electrons. The highest BCUT2D eigenvalue weighted by molar-refractivity contribution is 5.96. The van der Waals surface area contributed by atoms with Gasteiger partial charge in [-0.2, -0.15) is 13.2 Å². The number of aliphatic carboxylic acids is 1. The monoisotopic (exact) mass is 405 g/mol. The fraction of sp³-hybridized carbons (Fsp3) is 0.529. The first-order chi connectivity index (χ1) is 12.9. The molecule has 1 N–H and O–H groups in total. The van der Waals surface area contributed by atoms with Crippen LogP contribution in [0, 0.1) is 17.2 Å². The molecule has 11 heteroatoms. The van der Waals surface area contributed by atoms with Crippen LogP contribution < -0.4 is 0 Å². The molecule has 3 rings (SSSR count). The van der Waals surface area contributed by atoms with Gasteiger partial charge in [0.25, 0.3) is 5.91 Å². The Kier molecular flexibility index (Phi) is 5.95. The number of carbonyl (C=O) groups is 3. The second kappa shape index (κ2) is 7.72. The summed E-state index contributed by atoms with van der Waals surface area (Å²) in [5.41, 5.74) is -0.471. The van der Waals surface area contributed by atoms with E-state index in [0.717, 1.165) is 19.2 Å². The molecule has 0 saturated carbocycles. The third-order valence-electron chi connectivity index (χ3n) is 5.11. The van der Waals surface area contributed by atoms with Crippen molar-refractivity contribution in [3.05, 3.63) is 29.8 Å². The first-order valence-electron chi connectivity index (χ1n) is 8.34. The van der Waals surface area contributed by atoms with E-state index in [4.69, 9.17) is 9.90 Å². The predicted octanol–water partition coefficient (Wildman–Crippen LogP) is 1.79. The molecule has 0 unspecified atom stereocenters. The molecular weight excluding hydrogens is 386 g/mol. The fourth-order valence-corrected chi connectivity index (χ4v) is 3.50. The van der Waals surface area contributed by atoms with Crippen molar-refractivity contribution >= 4 is 17.8 Å². The van der Waals surface area contributed by atoms with Crippen molar-refractivity contribution in [1.29, 1.82) is 0 Å². The molecule has 28 heavy (non-hydrogen) atoms. The summed E-state index contributed by atoms with van der Waals surface area (Å²) < 4.78 is 45.4. The second-order valence-electron chi connectivity index (χ2n) is 6.88. The zero-order valence-corrected chi connectivity index (χ0v) is 15.2. The molecule has 0 bridgehead atoms. The topological polar surface area (TPSA) is 90.8 Å². The summed E-state index contributed by atoms with van der Waals surface area (Å²) in [6.07, 6.45) is -1.89. The van der Waals surface area contributed by atoms with Gasteiger partial charge in [0.2, 0.25) is 5.91 Å². The number of nitrogens with zero attached hydrogens (tertiary/aromatic N) is 3. The highest BCUT2D eigenvalue weighted by Crippen LogP contribution is 2.44. The Morgan fingerprint density at radius 2 is 1.96 bits per heavy atom. The van der Waals surface area contributed by atoms with Gasteiger partial charge in [0.15, 0.2) is 5.82 Å². The Labute approximate surface area is 157 Å². The lowest BCUT2D eigenvalue weighted by Gasteiger charge is -2.25. The Morgan fingerprint density at radius 3 is 2.43 bits per heavy atom. The normalized spacial score (nSPS) is 24.4. The van der Waals surface area contributed by atoms with Crippen LogP contribution in [0.2, 0.25) is 0 Å². The summed E-state index contributed by atoms with van der Waals surface area (Å²) in [5.74, 6) is -3.55. The molecule has 154 valence electrons. The van der Waals surface area contributed by atoms with Gasteiger partial charge in [-0.3, -0.25) is 14.6 Å². The number of hydrogen-bond donors (Lipinski definition) is 1. The number of likely N-dealkylation sites (tertiary alicyclic amines) is 2. The number of pyridine rings is 1. The molecule has 1 aromatic rings. The predicted molar refractivity (Wildman–Crippen MR) is 87.6 cm³/mol. The maximum atomic E-state index is 13.7. The molecule has 0 aliphatic carbocycles. The third-order valence-corrected chi connectivity index (χ3v) is 5.11. The zero-order valence-electron chi connectivity index (χ0n) is 15.2. The molecule has 7 nitrogen and oxygen atoms in total. The molecular formula is C17H19F4N3O4. The highest BCUT2D eigenvalue weighted by Gasteiger charge is 2.55. The lowest BCUT2D eigenvalue weighted by Crippen LogP contribution is -2.39. The molecule has 2 atom stereocenters. The SMILES string of the molecule is C[C@@H]1CN(C(=O)c2ccncc2F)C[C@]12CCN(C)C2=O.O=C(O)C(F)(F)F. The summed E-state index contributed by atoms with van der Waals surface area (Å²) in [7, 11) is 1.79. The third kappa shape index (κ3) is 4.07. The van der Waals surface area contributed by atoms with Crippen LogP contribution in [0.3, 0.4) is 0 Å². The van der Waals surface area contributed by atoms with Crippen molar-refractivity contribution in [2.45, 2.75) is 19.5 Å². The van der Waals surface area contributed by atoms with Crippen LogP contribution in [0.1, 0.15) is 23.7 Å². The van der Waals surface area contributed by atoms with Crippen LogP contribution in [0.15, 0.2) is 18.5 Å². The van der Waals surface area contributed by atoms with Crippen LogP contribution in [-0.2, 0) is 9.59 Å². The lowest BCUT2D eigenvalue weighted by atomic mass is 9.78. The van der Waals surface area contributed by atoms with E-state index in [1.165, 1.54) is 12.3 Å². The van der Waals surface area contributed by atoms with E-state index in [0.29, 0.717) is 13.1 Å². The number of carboxylic acids is 1. The molecule has 2 fully saturated rings. The average Bonchev–Trinajstić information content (AvgIpc) is 3.10. The van der Waals surface area contributed by atoms with Crippen LogP contribution in [0.25, 0.3) is 0 Å². The van der Waals surface area contributed by atoms with Crippen molar-refractivity contribution in [2.24, 2.45) is 11.3 Å². The van der Waals surface area contributed by atoms with Crippen LogP contribution >= 0.6 is 0 Å². The van der Waals surface area contributed by atoms with Crippen LogP contribution in [0.4, 0.5) is 17.6 Å². The number of carboxylic acid groups (broad SMARTS) is 1. The van der Waals surface area contributed by atoms with E-state index in [1.54, 1.807) is 16.8 Å². The first-order valence-corrected chi connectivity index (χ1v) is 8.34. The zero-order chi connectivity index (χ0) is 21.3. The molecule has 2 amide bonds. The summed E-state index contributed by atoms with van der Waals surface area (Å²) in [4.78, 5) is 40.8. The van der Waals surface area contributed by atoms with Crippen LogP contribution in [0.5, 0.6) is 0 Å².